The molecular weight excluding hydrogens is 316 g/mol. The molecule has 128 valence electrons. The second-order valence-electron chi connectivity index (χ2n) is 6.68. The molecule has 0 aromatic carbocycles. The molecule has 0 bridgehead atoms. The van der Waals surface area contributed by atoms with Gasteiger partial charge < -0.3 is 20.5 Å². The second kappa shape index (κ2) is 4.97. The van der Waals surface area contributed by atoms with Gasteiger partial charge in [0.2, 0.25) is 0 Å². The molecular formula is C15H18N4O5. The third-order valence-corrected chi connectivity index (χ3v) is 5.44. The average molecular weight is 334 g/mol. The number of piperidine rings is 1. The Balaban J connectivity index is 1.62. The maximum atomic E-state index is 12.7. The van der Waals surface area contributed by atoms with Crippen molar-refractivity contribution in [2.75, 3.05) is 18.5 Å². The van der Waals surface area contributed by atoms with E-state index in [1.807, 2.05) is 0 Å². The predicted octanol–water partition coefficient (Wildman–Crippen LogP) is -0.344. The minimum absolute atomic E-state index is 0.192. The van der Waals surface area contributed by atoms with E-state index in [1.54, 1.807) is 0 Å². The van der Waals surface area contributed by atoms with E-state index in [4.69, 9.17) is 5.11 Å². The zero-order valence-corrected chi connectivity index (χ0v) is 12.9. The summed E-state index contributed by atoms with van der Waals surface area (Å²) >= 11 is 0. The number of aromatic nitrogens is 1. The molecule has 2 saturated heterocycles. The van der Waals surface area contributed by atoms with Crippen LogP contribution in [0.1, 0.15) is 29.8 Å². The van der Waals surface area contributed by atoms with E-state index in [9.17, 15) is 19.5 Å². The lowest BCUT2D eigenvalue weighted by Crippen LogP contribution is -2.55. The smallest absolute Gasteiger partial charge is 0.407 e. The first kappa shape index (κ1) is 15.0. The van der Waals surface area contributed by atoms with Crippen molar-refractivity contribution in [1.82, 2.24) is 14.5 Å². The number of amides is 2. The maximum absolute atomic E-state index is 12.7. The molecule has 9 heteroatoms. The molecule has 3 N–H and O–H groups in total. The van der Waals surface area contributed by atoms with Crippen LogP contribution in [-0.2, 0) is 0 Å². The van der Waals surface area contributed by atoms with Crippen LogP contribution in [0.5, 0.6) is 0 Å². The first-order valence-corrected chi connectivity index (χ1v) is 7.89. The summed E-state index contributed by atoms with van der Waals surface area (Å²) < 4.78 is 1.52. The number of pyridine rings is 1. The van der Waals surface area contributed by atoms with Crippen LogP contribution >= 0.6 is 0 Å². The molecule has 2 atom stereocenters. The highest BCUT2D eigenvalue weighted by Crippen LogP contribution is 2.48. The summed E-state index contributed by atoms with van der Waals surface area (Å²) in [6.07, 6.45) is 0.708. The Labute approximate surface area is 137 Å². The number of nitrogens with one attached hydrogen (secondary N) is 1. The van der Waals surface area contributed by atoms with Crippen molar-refractivity contribution in [3.05, 3.63) is 34.2 Å². The van der Waals surface area contributed by atoms with Crippen molar-refractivity contribution >= 4 is 12.0 Å². The van der Waals surface area contributed by atoms with Crippen molar-refractivity contribution in [2.45, 2.75) is 31.7 Å². The minimum Gasteiger partial charge on any atom is -0.465 e. The van der Waals surface area contributed by atoms with Gasteiger partial charge in [-0.15, -0.1) is 0 Å². The van der Waals surface area contributed by atoms with Crippen molar-refractivity contribution in [3.8, 4) is 0 Å². The van der Waals surface area contributed by atoms with E-state index in [-0.39, 0.29) is 23.2 Å². The van der Waals surface area contributed by atoms with Gasteiger partial charge in [-0.05, 0) is 19.3 Å². The maximum Gasteiger partial charge on any atom is 0.407 e. The fraction of sp³-hybridized carbons (Fsp3) is 0.533. The fourth-order valence-corrected chi connectivity index (χ4v) is 4.07. The molecule has 24 heavy (non-hydrogen) atoms. The number of aliphatic hydroxyl groups is 1. The lowest BCUT2D eigenvalue weighted by Gasteiger charge is -2.41. The Morgan fingerprint density at radius 3 is 2.67 bits per heavy atom. The SMILES string of the molecule is O=C(O)N1CCC2(CC1)CC1Nn3ccc(=O)cc3C(=O)N1C2O. The van der Waals surface area contributed by atoms with Gasteiger partial charge in [0.05, 0.1) is 0 Å². The number of likely N-dealkylation sites (tertiary alicyclic amines) is 1. The first-order chi connectivity index (χ1) is 11.4. The quantitative estimate of drug-likeness (QED) is 0.598. The summed E-state index contributed by atoms with van der Waals surface area (Å²) in [5.74, 6) is -0.388. The van der Waals surface area contributed by atoms with Gasteiger partial charge in [0, 0.05) is 36.8 Å². The standard InChI is InChI=1S/C15H18N4O5/c20-9-1-4-18-10(7-9)12(21)19-11(16-18)8-15(13(19)22)2-5-17(6-3-15)14(23)24/h1,4,7,11,13,16,22H,2-3,5-6,8H2,(H,23,24). The molecule has 0 radical (unpaired) electrons. The number of fused-ring (bicyclic) bond motifs is 2. The second-order valence-corrected chi connectivity index (χ2v) is 6.68. The van der Waals surface area contributed by atoms with Crippen LogP contribution in [0.25, 0.3) is 0 Å². The fourth-order valence-electron chi connectivity index (χ4n) is 4.07. The number of carbonyl (C=O) groups is 2. The summed E-state index contributed by atoms with van der Waals surface area (Å²) in [4.78, 5) is 38.0. The molecule has 2 fully saturated rings. The van der Waals surface area contributed by atoms with Crippen LogP contribution in [0.4, 0.5) is 4.79 Å². The highest BCUT2D eigenvalue weighted by atomic mass is 16.4. The molecule has 2 amide bonds. The number of aliphatic hydroxyl groups excluding tert-OH is 1. The van der Waals surface area contributed by atoms with Gasteiger partial charge in [0.25, 0.3) is 5.91 Å². The van der Waals surface area contributed by atoms with Crippen LogP contribution < -0.4 is 10.9 Å². The van der Waals surface area contributed by atoms with E-state index >= 15 is 0 Å². The number of hydrogen-bond acceptors (Lipinski definition) is 5. The third-order valence-electron chi connectivity index (χ3n) is 5.44. The topological polar surface area (TPSA) is 115 Å². The highest BCUT2D eigenvalue weighted by Gasteiger charge is 2.56. The van der Waals surface area contributed by atoms with Gasteiger partial charge in [0.1, 0.15) is 18.1 Å². The van der Waals surface area contributed by atoms with E-state index in [0.717, 1.165) is 0 Å². The summed E-state index contributed by atoms with van der Waals surface area (Å²) in [5.41, 5.74) is 2.54. The van der Waals surface area contributed by atoms with Crippen LogP contribution in [-0.4, -0.2) is 62.2 Å². The lowest BCUT2D eigenvalue weighted by molar-refractivity contribution is -0.0585. The molecule has 4 rings (SSSR count). The Hall–Kier alpha value is -2.55. The van der Waals surface area contributed by atoms with E-state index in [2.05, 4.69) is 5.43 Å². The van der Waals surface area contributed by atoms with Gasteiger partial charge in [-0.25, -0.2) is 4.79 Å². The van der Waals surface area contributed by atoms with Crippen molar-refractivity contribution in [3.63, 3.8) is 0 Å². The van der Waals surface area contributed by atoms with Crippen LogP contribution in [0.3, 0.4) is 0 Å². The molecule has 0 aliphatic carbocycles. The van der Waals surface area contributed by atoms with Crippen LogP contribution in [0.2, 0.25) is 0 Å². The summed E-state index contributed by atoms with van der Waals surface area (Å²) in [5, 5.41) is 19.9. The van der Waals surface area contributed by atoms with Crippen molar-refractivity contribution < 1.29 is 19.8 Å². The molecule has 9 nitrogen and oxygen atoms in total. The molecule has 3 aliphatic rings. The van der Waals surface area contributed by atoms with Gasteiger partial charge in [-0.2, -0.15) is 0 Å². The summed E-state index contributed by atoms with van der Waals surface area (Å²) in [7, 11) is 0. The third kappa shape index (κ3) is 2.01. The monoisotopic (exact) mass is 334 g/mol. The first-order valence-electron chi connectivity index (χ1n) is 7.89. The Morgan fingerprint density at radius 1 is 1.29 bits per heavy atom. The van der Waals surface area contributed by atoms with Gasteiger partial charge >= 0.3 is 6.09 Å². The Bertz CT molecular complexity index is 767. The molecule has 1 aromatic rings. The van der Waals surface area contributed by atoms with Gasteiger partial charge in [-0.3, -0.25) is 19.2 Å². The number of rotatable bonds is 0. The summed E-state index contributed by atoms with van der Waals surface area (Å²) in [6, 6.07) is 2.61. The Kier molecular flexibility index (Phi) is 3.11. The average Bonchev–Trinajstić information content (AvgIpc) is 2.81. The number of carboxylic acid groups (broad SMARTS) is 1. The zero-order chi connectivity index (χ0) is 17.1. The largest absolute Gasteiger partial charge is 0.465 e. The van der Waals surface area contributed by atoms with Crippen LogP contribution in [0, 0.1) is 5.41 Å². The number of hydrogen-bond donors (Lipinski definition) is 3. The molecule has 3 aliphatic heterocycles. The minimum atomic E-state index is -0.998. The van der Waals surface area contributed by atoms with Crippen molar-refractivity contribution in [2.24, 2.45) is 5.41 Å². The molecule has 1 spiro atoms. The van der Waals surface area contributed by atoms with Crippen molar-refractivity contribution in [1.29, 1.82) is 0 Å². The normalized spacial score (nSPS) is 27.6. The molecule has 1 aromatic heterocycles. The zero-order valence-electron chi connectivity index (χ0n) is 12.9. The van der Waals surface area contributed by atoms with E-state index < -0.39 is 17.7 Å². The van der Waals surface area contributed by atoms with Gasteiger partial charge in [-0.1, -0.05) is 0 Å². The molecule has 2 unspecified atom stereocenters. The van der Waals surface area contributed by atoms with Gasteiger partial charge in [0.15, 0.2) is 5.43 Å². The molecule has 4 heterocycles. The summed E-state index contributed by atoms with van der Waals surface area (Å²) in [6.45, 7) is 0.678. The Morgan fingerprint density at radius 2 is 2.00 bits per heavy atom. The van der Waals surface area contributed by atoms with E-state index in [0.29, 0.717) is 32.4 Å². The predicted molar refractivity (Wildman–Crippen MR) is 81.9 cm³/mol. The number of nitrogens with zero attached hydrogens (tertiary/aromatic N) is 3. The van der Waals surface area contributed by atoms with E-state index in [1.165, 1.54) is 32.8 Å². The highest BCUT2D eigenvalue weighted by molar-refractivity contribution is 5.94. The lowest BCUT2D eigenvalue weighted by atomic mass is 9.76. The van der Waals surface area contributed by atoms with Crippen LogP contribution in [0.15, 0.2) is 23.1 Å². The number of carbonyl (C=O) groups excluding carboxylic acids is 1. The molecule has 0 saturated carbocycles.